The Morgan fingerprint density at radius 2 is 1.80 bits per heavy atom. The predicted octanol–water partition coefficient (Wildman–Crippen LogP) is 4.01. The largest absolute Gasteiger partial charge is 0.497 e. The number of ether oxygens (including phenoxy) is 2. The van der Waals surface area contributed by atoms with Crippen LogP contribution >= 0.6 is 11.3 Å². The summed E-state index contributed by atoms with van der Waals surface area (Å²) >= 11 is 1.40. The number of hydrogen-bond donors (Lipinski definition) is 1. The van der Waals surface area contributed by atoms with Gasteiger partial charge in [-0.05, 0) is 29.8 Å². The molecule has 0 atom stereocenters. The molecule has 128 valence electrons. The van der Waals surface area contributed by atoms with E-state index in [0.717, 1.165) is 28.3 Å². The maximum atomic E-state index is 12.2. The fraction of sp³-hybridized carbons (Fsp3) is 0.158. The average molecular weight is 354 g/mol. The number of aromatic nitrogens is 1. The Balaban J connectivity index is 1.67. The van der Waals surface area contributed by atoms with Crippen molar-refractivity contribution >= 4 is 22.4 Å². The number of benzene rings is 2. The van der Waals surface area contributed by atoms with Gasteiger partial charge in [0.25, 0.3) is 0 Å². The van der Waals surface area contributed by atoms with Gasteiger partial charge in [-0.3, -0.25) is 4.79 Å². The quantitative estimate of drug-likeness (QED) is 0.727. The molecule has 3 rings (SSSR count). The molecule has 25 heavy (non-hydrogen) atoms. The van der Waals surface area contributed by atoms with E-state index in [4.69, 9.17) is 9.47 Å². The molecule has 1 amide bonds. The van der Waals surface area contributed by atoms with E-state index in [0.29, 0.717) is 5.13 Å². The smallest absolute Gasteiger partial charge is 0.230 e. The molecule has 3 aromatic rings. The van der Waals surface area contributed by atoms with Crippen LogP contribution in [-0.4, -0.2) is 25.1 Å². The molecule has 0 bridgehead atoms. The zero-order chi connectivity index (χ0) is 17.6. The maximum Gasteiger partial charge on any atom is 0.230 e. The Bertz CT molecular complexity index is 876. The van der Waals surface area contributed by atoms with E-state index in [1.54, 1.807) is 14.2 Å². The lowest BCUT2D eigenvalue weighted by Gasteiger charge is -2.04. The highest BCUT2D eigenvalue weighted by Gasteiger charge is 2.10. The molecule has 1 N–H and O–H groups in total. The van der Waals surface area contributed by atoms with Crippen LogP contribution in [0.3, 0.4) is 0 Å². The van der Waals surface area contributed by atoms with Crippen molar-refractivity contribution in [3.8, 4) is 22.8 Å². The Morgan fingerprint density at radius 3 is 2.56 bits per heavy atom. The third-order valence-electron chi connectivity index (χ3n) is 3.61. The lowest BCUT2D eigenvalue weighted by Crippen LogP contribution is -2.14. The maximum absolute atomic E-state index is 12.2. The number of amides is 1. The van der Waals surface area contributed by atoms with Gasteiger partial charge in [0, 0.05) is 10.9 Å². The molecular weight excluding hydrogens is 336 g/mol. The van der Waals surface area contributed by atoms with Gasteiger partial charge in [-0.1, -0.05) is 24.3 Å². The lowest BCUT2D eigenvalue weighted by molar-refractivity contribution is -0.115. The molecule has 2 aromatic carbocycles. The van der Waals surface area contributed by atoms with E-state index in [2.05, 4.69) is 10.3 Å². The molecular formula is C19H18N2O3S. The van der Waals surface area contributed by atoms with Crippen LogP contribution < -0.4 is 14.8 Å². The zero-order valence-corrected chi connectivity index (χ0v) is 14.8. The summed E-state index contributed by atoms with van der Waals surface area (Å²) in [5, 5.41) is 5.33. The number of nitrogens with zero attached hydrogens (tertiary/aromatic N) is 1. The van der Waals surface area contributed by atoms with Crippen LogP contribution in [0.5, 0.6) is 11.5 Å². The Morgan fingerprint density at radius 1 is 1.08 bits per heavy atom. The normalized spacial score (nSPS) is 10.3. The van der Waals surface area contributed by atoms with E-state index in [1.807, 2.05) is 53.9 Å². The van der Waals surface area contributed by atoms with Gasteiger partial charge >= 0.3 is 0 Å². The molecule has 0 spiro atoms. The monoisotopic (exact) mass is 354 g/mol. The van der Waals surface area contributed by atoms with Gasteiger partial charge in [-0.25, -0.2) is 4.98 Å². The Labute approximate surface area is 150 Å². The minimum Gasteiger partial charge on any atom is -0.497 e. The van der Waals surface area contributed by atoms with Crippen molar-refractivity contribution in [1.82, 2.24) is 4.98 Å². The molecule has 0 saturated heterocycles. The van der Waals surface area contributed by atoms with Crippen molar-refractivity contribution in [2.75, 3.05) is 19.5 Å². The number of nitrogens with one attached hydrogen (secondary N) is 1. The van der Waals surface area contributed by atoms with E-state index >= 15 is 0 Å². The molecule has 0 saturated carbocycles. The summed E-state index contributed by atoms with van der Waals surface area (Å²) < 4.78 is 10.4. The first-order valence-corrected chi connectivity index (χ1v) is 8.58. The summed E-state index contributed by atoms with van der Waals surface area (Å²) in [5.74, 6) is 1.40. The number of anilines is 1. The highest BCUT2D eigenvalue weighted by molar-refractivity contribution is 7.14. The first-order valence-electron chi connectivity index (χ1n) is 7.70. The summed E-state index contributed by atoms with van der Waals surface area (Å²) in [6, 6.07) is 15.1. The van der Waals surface area contributed by atoms with Crippen LogP contribution in [0.2, 0.25) is 0 Å². The van der Waals surface area contributed by atoms with E-state index in [1.165, 1.54) is 11.3 Å². The number of methoxy groups -OCH3 is 2. The molecule has 0 radical (unpaired) electrons. The van der Waals surface area contributed by atoms with Gasteiger partial charge in [0.05, 0.1) is 26.3 Å². The third-order valence-corrected chi connectivity index (χ3v) is 4.37. The lowest BCUT2D eigenvalue weighted by atomic mass is 10.1. The molecule has 5 nitrogen and oxygen atoms in total. The fourth-order valence-electron chi connectivity index (χ4n) is 2.38. The molecule has 0 unspecified atom stereocenters. The minimum absolute atomic E-state index is 0.111. The van der Waals surface area contributed by atoms with Crippen molar-refractivity contribution < 1.29 is 14.3 Å². The number of carbonyl (C=O) groups is 1. The molecule has 0 fully saturated rings. The van der Waals surface area contributed by atoms with Crippen LogP contribution in [0.15, 0.2) is 53.9 Å². The second kappa shape index (κ2) is 7.81. The van der Waals surface area contributed by atoms with E-state index in [-0.39, 0.29) is 12.3 Å². The van der Waals surface area contributed by atoms with Gasteiger partial charge in [0.15, 0.2) is 5.13 Å². The van der Waals surface area contributed by atoms with Crippen LogP contribution in [-0.2, 0) is 11.2 Å². The summed E-state index contributed by atoms with van der Waals surface area (Å²) in [4.78, 5) is 16.7. The van der Waals surface area contributed by atoms with E-state index in [9.17, 15) is 4.79 Å². The topological polar surface area (TPSA) is 60.5 Å². The minimum atomic E-state index is -0.111. The number of hydrogen-bond acceptors (Lipinski definition) is 5. The van der Waals surface area contributed by atoms with Crippen molar-refractivity contribution in [2.24, 2.45) is 0 Å². The van der Waals surface area contributed by atoms with Crippen LogP contribution in [0, 0.1) is 0 Å². The highest BCUT2D eigenvalue weighted by atomic mass is 32.1. The number of rotatable bonds is 6. The zero-order valence-electron chi connectivity index (χ0n) is 14.0. The third kappa shape index (κ3) is 4.36. The number of carbonyl (C=O) groups excluding carboxylic acids is 1. The average Bonchev–Trinajstić information content (AvgIpc) is 3.10. The molecule has 1 heterocycles. The van der Waals surface area contributed by atoms with Crippen LogP contribution in [0.1, 0.15) is 5.56 Å². The van der Waals surface area contributed by atoms with Crippen molar-refractivity contribution in [3.05, 3.63) is 59.5 Å². The van der Waals surface area contributed by atoms with Crippen LogP contribution in [0.25, 0.3) is 11.3 Å². The summed E-state index contributed by atoms with van der Waals surface area (Å²) in [5.41, 5.74) is 2.64. The number of thiazole rings is 1. The van der Waals surface area contributed by atoms with E-state index < -0.39 is 0 Å². The van der Waals surface area contributed by atoms with Crippen LogP contribution in [0.4, 0.5) is 5.13 Å². The molecule has 1 aromatic heterocycles. The first-order chi connectivity index (χ1) is 12.2. The fourth-order valence-corrected chi connectivity index (χ4v) is 3.11. The second-order valence-electron chi connectivity index (χ2n) is 5.35. The predicted molar refractivity (Wildman–Crippen MR) is 99.4 cm³/mol. The van der Waals surface area contributed by atoms with Gasteiger partial charge < -0.3 is 14.8 Å². The van der Waals surface area contributed by atoms with Crippen molar-refractivity contribution in [2.45, 2.75) is 6.42 Å². The first kappa shape index (κ1) is 17.0. The van der Waals surface area contributed by atoms with Crippen molar-refractivity contribution in [1.29, 1.82) is 0 Å². The molecule has 0 aliphatic rings. The second-order valence-corrected chi connectivity index (χ2v) is 6.20. The molecule has 6 heteroatoms. The Hall–Kier alpha value is -2.86. The summed E-state index contributed by atoms with van der Waals surface area (Å²) in [7, 11) is 3.24. The SMILES string of the molecule is COc1cccc(CC(=O)Nc2nc(-c3cccc(OC)c3)cs2)c1. The van der Waals surface area contributed by atoms with Gasteiger partial charge in [0.2, 0.25) is 5.91 Å². The molecule has 0 aliphatic heterocycles. The summed E-state index contributed by atoms with van der Waals surface area (Å²) in [6.07, 6.45) is 0.269. The highest BCUT2D eigenvalue weighted by Crippen LogP contribution is 2.27. The Kier molecular flexibility index (Phi) is 5.30. The molecule has 0 aliphatic carbocycles. The summed E-state index contributed by atoms with van der Waals surface area (Å²) in [6.45, 7) is 0. The van der Waals surface area contributed by atoms with Gasteiger partial charge in [-0.2, -0.15) is 0 Å². The van der Waals surface area contributed by atoms with Gasteiger partial charge in [0.1, 0.15) is 11.5 Å². The van der Waals surface area contributed by atoms with Crippen molar-refractivity contribution in [3.63, 3.8) is 0 Å². The van der Waals surface area contributed by atoms with Gasteiger partial charge in [-0.15, -0.1) is 11.3 Å². The standard InChI is InChI=1S/C19H18N2O3S/c1-23-15-7-3-5-13(9-15)10-18(22)21-19-20-17(12-25-19)14-6-4-8-16(11-14)24-2/h3-9,11-12H,10H2,1-2H3,(H,20,21,22).